The van der Waals surface area contributed by atoms with Gasteiger partial charge >= 0.3 is 0 Å². The molecule has 0 aliphatic rings. The third-order valence-corrected chi connectivity index (χ3v) is 7.18. The molecule has 10 heteroatoms. The predicted octanol–water partition coefficient (Wildman–Crippen LogP) is 3.88. The van der Waals surface area contributed by atoms with Crippen LogP contribution in [0.4, 0.5) is 5.69 Å². The standard InChI is InChI=1S/C23H29Cl2N3O4S/c1-5-16-10-12-17(13-11-16)28(33(4,31)32)15-22(29)27(21(6-2)23(30)26-3)14-18-19(24)8-7-9-20(18)25/h7-13,21H,5-6,14-15H2,1-4H3,(H,26,30)/t21-/m1/s1. The summed E-state index contributed by atoms with van der Waals surface area (Å²) < 4.78 is 26.2. The molecule has 0 radical (unpaired) electrons. The van der Waals surface area contributed by atoms with E-state index in [-0.39, 0.29) is 12.5 Å². The maximum atomic E-state index is 13.5. The largest absolute Gasteiger partial charge is 0.357 e. The number of likely N-dealkylation sites (N-methyl/N-ethyl adjacent to an activating group) is 1. The Morgan fingerprint density at radius 2 is 1.61 bits per heavy atom. The maximum absolute atomic E-state index is 13.5. The number of nitrogens with one attached hydrogen (secondary N) is 1. The Kier molecular flexibility index (Phi) is 9.57. The maximum Gasteiger partial charge on any atom is 0.244 e. The summed E-state index contributed by atoms with van der Waals surface area (Å²) in [7, 11) is -2.30. The van der Waals surface area contributed by atoms with E-state index in [1.807, 2.05) is 19.1 Å². The fraction of sp³-hybridized carbons (Fsp3) is 0.391. The normalized spacial score (nSPS) is 12.2. The number of halogens is 2. The van der Waals surface area contributed by atoms with Crippen LogP contribution in [0.15, 0.2) is 42.5 Å². The molecule has 0 unspecified atom stereocenters. The molecule has 0 aliphatic carbocycles. The summed E-state index contributed by atoms with van der Waals surface area (Å²) in [5.74, 6) is -0.918. The Bertz CT molecular complexity index is 1070. The Morgan fingerprint density at radius 1 is 1.03 bits per heavy atom. The average Bonchev–Trinajstić information content (AvgIpc) is 2.78. The minimum absolute atomic E-state index is 0.0460. The number of benzene rings is 2. The van der Waals surface area contributed by atoms with Crippen molar-refractivity contribution in [3.63, 3.8) is 0 Å². The van der Waals surface area contributed by atoms with Crippen LogP contribution in [0.25, 0.3) is 0 Å². The highest BCUT2D eigenvalue weighted by atomic mass is 35.5. The van der Waals surface area contributed by atoms with Gasteiger partial charge in [0.2, 0.25) is 21.8 Å². The van der Waals surface area contributed by atoms with Crippen molar-refractivity contribution in [3.8, 4) is 0 Å². The fourth-order valence-electron chi connectivity index (χ4n) is 3.45. The number of sulfonamides is 1. The summed E-state index contributed by atoms with van der Waals surface area (Å²) in [4.78, 5) is 27.4. The first kappa shape index (κ1) is 27.0. The van der Waals surface area contributed by atoms with Crippen molar-refractivity contribution in [1.82, 2.24) is 10.2 Å². The molecule has 2 aromatic rings. The Morgan fingerprint density at radius 3 is 2.06 bits per heavy atom. The van der Waals surface area contributed by atoms with E-state index in [4.69, 9.17) is 23.2 Å². The summed E-state index contributed by atoms with van der Waals surface area (Å²) in [6.45, 7) is 3.25. The molecule has 0 spiro atoms. The molecule has 0 heterocycles. The Hall–Kier alpha value is -2.29. The summed E-state index contributed by atoms with van der Waals surface area (Å²) in [5.41, 5.74) is 1.89. The van der Waals surface area contributed by atoms with E-state index in [1.165, 1.54) is 11.9 Å². The van der Waals surface area contributed by atoms with Gasteiger partial charge in [-0.15, -0.1) is 0 Å². The van der Waals surface area contributed by atoms with Crippen molar-refractivity contribution in [2.24, 2.45) is 0 Å². The van der Waals surface area contributed by atoms with E-state index in [0.717, 1.165) is 22.5 Å². The zero-order valence-corrected chi connectivity index (χ0v) is 21.5. The van der Waals surface area contributed by atoms with Gasteiger partial charge in [0, 0.05) is 29.2 Å². The molecule has 0 saturated heterocycles. The van der Waals surface area contributed by atoms with Crippen LogP contribution in [-0.4, -0.2) is 51.0 Å². The molecule has 0 aliphatic heterocycles. The monoisotopic (exact) mass is 513 g/mol. The third-order valence-electron chi connectivity index (χ3n) is 5.33. The Labute approximate surface area is 205 Å². The topological polar surface area (TPSA) is 86.8 Å². The van der Waals surface area contributed by atoms with Crippen LogP contribution in [0.5, 0.6) is 0 Å². The smallest absolute Gasteiger partial charge is 0.244 e. The number of aryl methyl sites for hydroxylation is 1. The molecule has 2 aromatic carbocycles. The van der Waals surface area contributed by atoms with Crippen molar-refractivity contribution in [2.45, 2.75) is 39.3 Å². The molecule has 33 heavy (non-hydrogen) atoms. The van der Waals surface area contributed by atoms with Gasteiger partial charge in [0.05, 0.1) is 11.9 Å². The minimum Gasteiger partial charge on any atom is -0.357 e. The molecule has 1 atom stereocenters. The van der Waals surface area contributed by atoms with Crippen LogP contribution in [0.2, 0.25) is 10.0 Å². The second kappa shape index (κ2) is 11.7. The second-order valence-corrected chi connectivity index (χ2v) is 10.3. The molecule has 1 N–H and O–H groups in total. The molecular weight excluding hydrogens is 485 g/mol. The summed E-state index contributed by atoms with van der Waals surface area (Å²) in [6, 6.07) is 11.1. The molecule has 0 fully saturated rings. The van der Waals surface area contributed by atoms with Crippen LogP contribution in [0.3, 0.4) is 0 Å². The number of nitrogens with zero attached hydrogens (tertiary/aromatic N) is 2. The molecular formula is C23H29Cl2N3O4S. The van der Waals surface area contributed by atoms with Gasteiger partial charge in [0.15, 0.2) is 0 Å². The van der Waals surface area contributed by atoms with Gasteiger partial charge in [-0.3, -0.25) is 13.9 Å². The van der Waals surface area contributed by atoms with Crippen LogP contribution in [0.1, 0.15) is 31.4 Å². The molecule has 0 saturated carbocycles. The van der Waals surface area contributed by atoms with Crippen LogP contribution >= 0.6 is 23.2 Å². The lowest BCUT2D eigenvalue weighted by Crippen LogP contribution is -2.51. The lowest BCUT2D eigenvalue weighted by molar-refractivity contribution is -0.140. The lowest BCUT2D eigenvalue weighted by atomic mass is 10.1. The van der Waals surface area contributed by atoms with E-state index in [0.29, 0.717) is 27.7 Å². The highest BCUT2D eigenvalue weighted by Gasteiger charge is 2.32. The van der Waals surface area contributed by atoms with Gasteiger partial charge < -0.3 is 10.2 Å². The van der Waals surface area contributed by atoms with Gasteiger partial charge in [-0.2, -0.15) is 0 Å². The van der Waals surface area contributed by atoms with E-state index < -0.39 is 28.5 Å². The number of rotatable bonds is 10. The van der Waals surface area contributed by atoms with E-state index in [2.05, 4.69) is 5.32 Å². The highest BCUT2D eigenvalue weighted by molar-refractivity contribution is 7.92. The number of carbonyl (C=O) groups is 2. The SMILES string of the molecule is CCc1ccc(N(CC(=O)N(Cc2c(Cl)cccc2Cl)[C@H](CC)C(=O)NC)S(C)(=O)=O)cc1. The highest BCUT2D eigenvalue weighted by Crippen LogP contribution is 2.27. The number of anilines is 1. The second-order valence-electron chi connectivity index (χ2n) is 7.55. The lowest BCUT2D eigenvalue weighted by Gasteiger charge is -2.33. The summed E-state index contributed by atoms with van der Waals surface area (Å²) in [6.07, 6.45) is 2.16. The van der Waals surface area contributed by atoms with Crippen molar-refractivity contribution in [2.75, 3.05) is 24.2 Å². The number of hydrogen-bond donors (Lipinski definition) is 1. The third kappa shape index (κ3) is 6.85. The van der Waals surface area contributed by atoms with E-state index in [9.17, 15) is 18.0 Å². The molecule has 2 amide bonds. The van der Waals surface area contributed by atoms with Gasteiger partial charge in [-0.1, -0.05) is 55.2 Å². The van der Waals surface area contributed by atoms with Crippen molar-refractivity contribution in [3.05, 3.63) is 63.6 Å². The summed E-state index contributed by atoms with van der Waals surface area (Å²) in [5, 5.41) is 3.26. The Balaban J connectivity index is 2.47. The van der Waals surface area contributed by atoms with Crippen LogP contribution in [-0.2, 0) is 32.6 Å². The van der Waals surface area contributed by atoms with Crippen molar-refractivity contribution >= 4 is 50.7 Å². The number of carbonyl (C=O) groups excluding carboxylic acids is 2. The number of amides is 2. The van der Waals surface area contributed by atoms with Gasteiger partial charge in [-0.05, 0) is 42.7 Å². The zero-order valence-electron chi connectivity index (χ0n) is 19.1. The average molecular weight is 514 g/mol. The quantitative estimate of drug-likeness (QED) is 0.522. The van der Waals surface area contributed by atoms with Gasteiger partial charge in [0.25, 0.3) is 0 Å². The predicted molar refractivity (Wildman–Crippen MR) is 133 cm³/mol. The molecule has 180 valence electrons. The van der Waals surface area contributed by atoms with Crippen LogP contribution in [0, 0.1) is 0 Å². The van der Waals surface area contributed by atoms with E-state index >= 15 is 0 Å². The fourth-order valence-corrected chi connectivity index (χ4v) is 4.82. The molecule has 0 bridgehead atoms. The zero-order chi connectivity index (χ0) is 24.8. The van der Waals surface area contributed by atoms with Crippen molar-refractivity contribution in [1.29, 1.82) is 0 Å². The van der Waals surface area contributed by atoms with Crippen LogP contribution < -0.4 is 9.62 Å². The van der Waals surface area contributed by atoms with Crippen molar-refractivity contribution < 1.29 is 18.0 Å². The molecule has 2 rings (SSSR count). The minimum atomic E-state index is -3.78. The first-order valence-corrected chi connectivity index (χ1v) is 13.1. The van der Waals surface area contributed by atoms with Gasteiger partial charge in [0.1, 0.15) is 12.6 Å². The van der Waals surface area contributed by atoms with Gasteiger partial charge in [-0.25, -0.2) is 8.42 Å². The first-order valence-electron chi connectivity index (χ1n) is 10.5. The molecule has 0 aromatic heterocycles. The number of hydrogen-bond acceptors (Lipinski definition) is 4. The first-order chi connectivity index (χ1) is 15.5. The summed E-state index contributed by atoms with van der Waals surface area (Å²) >= 11 is 12.6. The van der Waals surface area contributed by atoms with E-state index in [1.54, 1.807) is 37.3 Å². The molecule has 7 nitrogen and oxygen atoms in total.